The monoisotopic (exact) mass is 344 g/mol. The molecule has 0 unspecified atom stereocenters. The fourth-order valence-corrected chi connectivity index (χ4v) is 2.91. The standard InChI is InChI=1S/C18H24N4O3/c1-24-18(23)21-12-7-8-13-15-11-20-17(22-15)14(19)6-4-2-3-5-9-25-16(13)10-12/h7-8,10-11,14H,2-6,9,19H2,1H3,(H,20,22)(H,21,23)/t14-/m0/s1. The van der Waals surface area contributed by atoms with Crippen LogP contribution in [0.25, 0.3) is 11.3 Å². The average molecular weight is 344 g/mol. The maximum Gasteiger partial charge on any atom is 0.411 e. The van der Waals surface area contributed by atoms with E-state index in [4.69, 9.17) is 10.5 Å². The van der Waals surface area contributed by atoms with Gasteiger partial charge in [-0.3, -0.25) is 5.32 Å². The van der Waals surface area contributed by atoms with Gasteiger partial charge >= 0.3 is 6.09 Å². The van der Waals surface area contributed by atoms with Crippen molar-refractivity contribution in [2.75, 3.05) is 19.0 Å². The Morgan fingerprint density at radius 3 is 3.04 bits per heavy atom. The van der Waals surface area contributed by atoms with E-state index >= 15 is 0 Å². The second-order valence-electron chi connectivity index (χ2n) is 6.17. The second-order valence-corrected chi connectivity index (χ2v) is 6.17. The molecule has 4 N–H and O–H groups in total. The molecular weight excluding hydrogens is 320 g/mol. The van der Waals surface area contributed by atoms with Crippen LogP contribution < -0.4 is 15.8 Å². The van der Waals surface area contributed by atoms with Gasteiger partial charge in [0.25, 0.3) is 0 Å². The largest absolute Gasteiger partial charge is 0.493 e. The number of ether oxygens (including phenoxy) is 2. The molecule has 0 saturated carbocycles. The van der Waals surface area contributed by atoms with E-state index in [0.717, 1.165) is 49.2 Å². The van der Waals surface area contributed by atoms with Crippen LogP contribution in [0.15, 0.2) is 24.4 Å². The first-order chi connectivity index (χ1) is 12.2. The summed E-state index contributed by atoms with van der Waals surface area (Å²) < 4.78 is 10.6. The molecule has 2 aromatic rings. The minimum Gasteiger partial charge on any atom is -0.493 e. The summed E-state index contributed by atoms with van der Waals surface area (Å²) in [7, 11) is 1.33. The lowest BCUT2D eigenvalue weighted by molar-refractivity contribution is 0.187. The molecule has 0 spiro atoms. The van der Waals surface area contributed by atoms with Crippen LogP contribution in [-0.4, -0.2) is 29.8 Å². The van der Waals surface area contributed by atoms with Gasteiger partial charge in [-0.2, -0.15) is 0 Å². The lowest BCUT2D eigenvalue weighted by Crippen LogP contribution is -2.11. The topological polar surface area (TPSA) is 102 Å². The molecule has 1 atom stereocenters. The SMILES string of the molecule is COC(=O)Nc1ccc2c(c1)OCCCCCC[C@H](N)c1ncc-2[nH]1. The highest BCUT2D eigenvalue weighted by atomic mass is 16.5. The van der Waals surface area contributed by atoms with Crippen LogP contribution in [0.5, 0.6) is 5.75 Å². The van der Waals surface area contributed by atoms with Crippen molar-refractivity contribution in [3.63, 3.8) is 0 Å². The number of aromatic nitrogens is 2. The van der Waals surface area contributed by atoms with Crippen molar-refractivity contribution in [3.05, 3.63) is 30.2 Å². The predicted molar refractivity (Wildman–Crippen MR) is 95.6 cm³/mol. The Morgan fingerprint density at radius 2 is 2.20 bits per heavy atom. The molecule has 25 heavy (non-hydrogen) atoms. The number of nitrogens with two attached hydrogens (primary N) is 1. The summed E-state index contributed by atoms with van der Waals surface area (Å²) in [6.45, 7) is 0.627. The van der Waals surface area contributed by atoms with Crippen LogP contribution in [0.2, 0.25) is 0 Å². The van der Waals surface area contributed by atoms with Gasteiger partial charge in [0.2, 0.25) is 0 Å². The third-order valence-electron chi connectivity index (χ3n) is 4.32. The summed E-state index contributed by atoms with van der Waals surface area (Å²) in [5.74, 6) is 1.48. The van der Waals surface area contributed by atoms with E-state index in [0.29, 0.717) is 18.0 Å². The summed E-state index contributed by atoms with van der Waals surface area (Å²) in [6, 6.07) is 5.41. The van der Waals surface area contributed by atoms with Gasteiger partial charge < -0.3 is 20.2 Å². The van der Waals surface area contributed by atoms with Crippen molar-refractivity contribution in [2.24, 2.45) is 5.73 Å². The Bertz CT molecular complexity index is 729. The molecule has 134 valence electrons. The number of benzene rings is 1. The minimum atomic E-state index is -0.514. The number of hydrogen-bond donors (Lipinski definition) is 3. The summed E-state index contributed by atoms with van der Waals surface area (Å²) in [5.41, 5.74) is 8.59. The normalized spacial score (nSPS) is 17.9. The van der Waals surface area contributed by atoms with Crippen LogP contribution in [0.1, 0.15) is 44.0 Å². The number of hydrogen-bond acceptors (Lipinski definition) is 5. The van der Waals surface area contributed by atoms with Crippen LogP contribution in [0, 0.1) is 0 Å². The molecule has 1 aromatic carbocycles. The Hall–Kier alpha value is -2.54. The molecular formula is C18H24N4O3. The highest BCUT2D eigenvalue weighted by Crippen LogP contribution is 2.33. The van der Waals surface area contributed by atoms with Crippen molar-refractivity contribution in [1.82, 2.24) is 9.97 Å². The van der Waals surface area contributed by atoms with E-state index in [9.17, 15) is 4.79 Å². The molecule has 3 rings (SSSR count). The van der Waals surface area contributed by atoms with Crippen LogP contribution in [0.3, 0.4) is 0 Å². The molecule has 1 amide bonds. The number of fused-ring (bicyclic) bond motifs is 4. The van der Waals surface area contributed by atoms with Crippen molar-refractivity contribution in [3.8, 4) is 17.0 Å². The highest BCUT2D eigenvalue weighted by molar-refractivity contribution is 5.86. The molecule has 1 aliphatic rings. The first-order valence-corrected chi connectivity index (χ1v) is 8.60. The Morgan fingerprint density at radius 1 is 1.36 bits per heavy atom. The summed E-state index contributed by atoms with van der Waals surface area (Å²) in [6.07, 6.45) is 6.47. The number of rotatable bonds is 1. The zero-order chi connectivity index (χ0) is 17.6. The van der Waals surface area contributed by atoms with E-state index in [2.05, 4.69) is 20.0 Å². The van der Waals surface area contributed by atoms with Gasteiger partial charge in [-0.1, -0.05) is 19.3 Å². The molecule has 0 radical (unpaired) electrons. The first-order valence-electron chi connectivity index (χ1n) is 8.60. The summed E-state index contributed by atoms with van der Waals surface area (Å²) >= 11 is 0. The Kier molecular flexibility index (Phi) is 5.55. The van der Waals surface area contributed by atoms with Gasteiger partial charge in [0, 0.05) is 17.3 Å². The highest BCUT2D eigenvalue weighted by Gasteiger charge is 2.15. The lowest BCUT2D eigenvalue weighted by atomic mass is 10.1. The zero-order valence-corrected chi connectivity index (χ0v) is 14.4. The third kappa shape index (κ3) is 4.30. The maximum absolute atomic E-state index is 11.4. The Balaban J connectivity index is 1.92. The summed E-state index contributed by atoms with van der Waals surface area (Å²) in [4.78, 5) is 19.2. The van der Waals surface area contributed by atoms with E-state index < -0.39 is 6.09 Å². The van der Waals surface area contributed by atoms with Crippen LogP contribution in [-0.2, 0) is 4.74 Å². The third-order valence-corrected chi connectivity index (χ3v) is 4.32. The summed E-state index contributed by atoms with van der Waals surface area (Å²) in [5, 5.41) is 2.66. The number of imidazole rings is 1. The number of carbonyl (C=O) groups is 1. The smallest absolute Gasteiger partial charge is 0.411 e. The maximum atomic E-state index is 11.4. The zero-order valence-electron chi connectivity index (χ0n) is 14.4. The number of anilines is 1. The quantitative estimate of drug-likeness (QED) is 0.733. The van der Waals surface area contributed by atoms with E-state index in [1.54, 1.807) is 18.3 Å². The number of H-pyrrole nitrogens is 1. The van der Waals surface area contributed by atoms with Crippen LogP contribution in [0.4, 0.5) is 10.5 Å². The van der Waals surface area contributed by atoms with Gasteiger partial charge in [0.05, 0.1) is 31.6 Å². The van der Waals surface area contributed by atoms with Crippen LogP contribution >= 0.6 is 0 Å². The first kappa shape index (κ1) is 17.3. The van der Waals surface area contributed by atoms with Gasteiger partial charge in [-0.15, -0.1) is 0 Å². The van der Waals surface area contributed by atoms with Crippen molar-refractivity contribution in [1.29, 1.82) is 0 Å². The average Bonchev–Trinajstić information content (AvgIpc) is 3.10. The number of amides is 1. The van der Waals surface area contributed by atoms with E-state index in [1.807, 2.05) is 6.07 Å². The molecule has 1 aliphatic heterocycles. The fraction of sp³-hybridized carbons (Fsp3) is 0.444. The molecule has 2 heterocycles. The number of aromatic amines is 1. The van der Waals surface area contributed by atoms with Crippen molar-refractivity contribution in [2.45, 2.75) is 38.1 Å². The molecule has 1 aromatic heterocycles. The molecule has 7 nitrogen and oxygen atoms in total. The Labute approximate surface area is 146 Å². The van der Waals surface area contributed by atoms with Crippen molar-refractivity contribution >= 4 is 11.8 Å². The molecule has 7 heteroatoms. The fourth-order valence-electron chi connectivity index (χ4n) is 2.91. The number of carbonyl (C=O) groups excluding carboxylic acids is 1. The predicted octanol–water partition coefficient (Wildman–Crippen LogP) is 3.60. The minimum absolute atomic E-state index is 0.0841. The number of methoxy groups -OCH3 is 1. The molecule has 0 saturated heterocycles. The lowest BCUT2D eigenvalue weighted by Gasteiger charge is -2.13. The number of nitrogens with zero attached hydrogens (tertiary/aromatic N) is 1. The van der Waals surface area contributed by atoms with Gasteiger partial charge in [0.15, 0.2) is 0 Å². The van der Waals surface area contributed by atoms with E-state index in [-0.39, 0.29) is 6.04 Å². The van der Waals surface area contributed by atoms with Gasteiger partial charge in [-0.05, 0) is 25.0 Å². The van der Waals surface area contributed by atoms with Gasteiger partial charge in [0.1, 0.15) is 11.6 Å². The molecule has 0 fully saturated rings. The number of nitrogens with one attached hydrogen (secondary N) is 2. The van der Waals surface area contributed by atoms with E-state index in [1.165, 1.54) is 7.11 Å². The van der Waals surface area contributed by atoms with Crippen molar-refractivity contribution < 1.29 is 14.3 Å². The van der Waals surface area contributed by atoms with Gasteiger partial charge in [-0.25, -0.2) is 9.78 Å². The molecule has 2 bridgehead atoms. The molecule has 0 aliphatic carbocycles. The second kappa shape index (κ2) is 8.02.